The maximum Gasteiger partial charge on any atom is 0.242 e. The van der Waals surface area contributed by atoms with Crippen LogP contribution in [-0.4, -0.2) is 82.2 Å². The van der Waals surface area contributed by atoms with Crippen molar-refractivity contribution in [3.8, 4) is 0 Å². The third-order valence-electron chi connectivity index (χ3n) is 6.90. The first-order valence-corrected chi connectivity index (χ1v) is 11.8. The van der Waals surface area contributed by atoms with Crippen molar-refractivity contribution in [2.24, 2.45) is 0 Å². The molecule has 3 aliphatic heterocycles. The van der Waals surface area contributed by atoms with Crippen molar-refractivity contribution in [1.82, 2.24) is 24.7 Å². The smallest absolute Gasteiger partial charge is 0.242 e. The van der Waals surface area contributed by atoms with Crippen molar-refractivity contribution >= 4 is 23.5 Å². The highest BCUT2D eigenvalue weighted by Gasteiger charge is 2.30. The Balaban J connectivity index is 1.48. The molecule has 3 aliphatic rings. The SMILES string of the molecule is CNc1nc([C@@H]2CCCN(C(C)=O)C2)nc2c1CN(C(=O)CN1CCCCCC1=O)CC2. The summed E-state index contributed by atoms with van der Waals surface area (Å²) in [5, 5.41) is 3.19. The van der Waals surface area contributed by atoms with E-state index in [1.54, 1.807) is 11.8 Å². The van der Waals surface area contributed by atoms with E-state index in [9.17, 15) is 14.4 Å². The average molecular weight is 443 g/mol. The second-order valence-electron chi connectivity index (χ2n) is 9.10. The molecule has 0 bridgehead atoms. The molecule has 0 spiro atoms. The fourth-order valence-corrected chi connectivity index (χ4v) is 4.98. The summed E-state index contributed by atoms with van der Waals surface area (Å²) in [6.45, 7) is 4.94. The number of piperidine rings is 1. The topological polar surface area (TPSA) is 98.7 Å². The van der Waals surface area contributed by atoms with Gasteiger partial charge >= 0.3 is 0 Å². The first-order valence-electron chi connectivity index (χ1n) is 11.8. The molecule has 0 radical (unpaired) electrons. The van der Waals surface area contributed by atoms with E-state index >= 15 is 0 Å². The molecule has 0 saturated carbocycles. The molecule has 4 rings (SSSR count). The quantitative estimate of drug-likeness (QED) is 0.759. The Bertz CT molecular complexity index is 871. The summed E-state index contributed by atoms with van der Waals surface area (Å²) in [4.78, 5) is 52.2. The van der Waals surface area contributed by atoms with Gasteiger partial charge in [-0.2, -0.15) is 0 Å². The molecule has 2 fully saturated rings. The van der Waals surface area contributed by atoms with E-state index in [0.717, 1.165) is 61.5 Å². The summed E-state index contributed by atoms with van der Waals surface area (Å²) in [7, 11) is 1.84. The van der Waals surface area contributed by atoms with Crippen LogP contribution in [0.4, 0.5) is 5.82 Å². The molecule has 0 aliphatic carbocycles. The van der Waals surface area contributed by atoms with Gasteiger partial charge in [0.25, 0.3) is 0 Å². The number of amides is 3. The van der Waals surface area contributed by atoms with Gasteiger partial charge in [-0.1, -0.05) is 6.42 Å². The lowest BCUT2D eigenvalue weighted by Gasteiger charge is -2.34. The van der Waals surface area contributed by atoms with Gasteiger partial charge in [-0.3, -0.25) is 14.4 Å². The van der Waals surface area contributed by atoms with E-state index in [2.05, 4.69) is 5.32 Å². The van der Waals surface area contributed by atoms with Gasteiger partial charge in [-0.15, -0.1) is 0 Å². The molecule has 9 heteroatoms. The summed E-state index contributed by atoms with van der Waals surface area (Å²) in [6.07, 6.45) is 6.06. The number of fused-ring (bicyclic) bond motifs is 1. The lowest BCUT2D eigenvalue weighted by Crippen LogP contribution is -2.45. The third kappa shape index (κ3) is 4.86. The molecule has 0 unspecified atom stereocenters. The van der Waals surface area contributed by atoms with Crippen LogP contribution >= 0.6 is 0 Å². The van der Waals surface area contributed by atoms with E-state index in [-0.39, 0.29) is 30.2 Å². The number of anilines is 1. The van der Waals surface area contributed by atoms with Crippen LogP contribution in [0.15, 0.2) is 0 Å². The Morgan fingerprint density at radius 1 is 1.03 bits per heavy atom. The Hall–Kier alpha value is -2.71. The van der Waals surface area contributed by atoms with Gasteiger partial charge in [0.2, 0.25) is 17.7 Å². The molecular weight excluding hydrogens is 408 g/mol. The van der Waals surface area contributed by atoms with E-state index < -0.39 is 0 Å². The monoisotopic (exact) mass is 442 g/mol. The Morgan fingerprint density at radius 3 is 2.66 bits per heavy atom. The van der Waals surface area contributed by atoms with Gasteiger partial charge in [0.1, 0.15) is 11.6 Å². The van der Waals surface area contributed by atoms with Crippen molar-refractivity contribution in [2.75, 3.05) is 45.1 Å². The Kier molecular flexibility index (Phi) is 6.91. The van der Waals surface area contributed by atoms with Gasteiger partial charge in [0.15, 0.2) is 0 Å². The number of rotatable bonds is 4. The van der Waals surface area contributed by atoms with Gasteiger partial charge < -0.3 is 20.0 Å². The van der Waals surface area contributed by atoms with Gasteiger partial charge in [-0.05, 0) is 25.7 Å². The number of likely N-dealkylation sites (tertiary alicyclic amines) is 2. The number of hydrogen-bond donors (Lipinski definition) is 1. The normalized spacial score (nSPS) is 21.8. The molecule has 9 nitrogen and oxygen atoms in total. The minimum atomic E-state index is -0.0126. The third-order valence-corrected chi connectivity index (χ3v) is 6.90. The molecule has 1 aromatic heterocycles. The predicted octanol–water partition coefficient (Wildman–Crippen LogP) is 1.53. The van der Waals surface area contributed by atoms with Crippen LogP contribution in [0, 0.1) is 0 Å². The lowest BCUT2D eigenvalue weighted by molar-refractivity contribution is -0.140. The number of carbonyl (C=O) groups excluding carboxylic acids is 3. The molecule has 1 N–H and O–H groups in total. The fraction of sp³-hybridized carbons (Fsp3) is 0.696. The van der Waals surface area contributed by atoms with Gasteiger partial charge in [0, 0.05) is 64.5 Å². The first kappa shape index (κ1) is 22.5. The highest BCUT2D eigenvalue weighted by molar-refractivity contribution is 5.85. The summed E-state index contributed by atoms with van der Waals surface area (Å²) in [5.41, 5.74) is 1.94. The van der Waals surface area contributed by atoms with Crippen LogP contribution in [0.2, 0.25) is 0 Å². The molecule has 174 valence electrons. The van der Waals surface area contributed by atoms with Crippen molar-refractivity contribution in [1.29, 1.82) is 0 Å². The molecule has 2 saturated heterocycles. The summed E-state index contributed by atoms with van der Waals surface area (Å²) in [5.74, 6) is 1.85. The second-order valence-corrected chi connectivity index (χ2v) is 9.10. The highest BCUT2D eigenvalue weighted by atomic mass is 16.2. The Labute approximate surface area is 189 Å². The van der Waals surface area contributed by atoms with Crippen LogP contribution in [0.1, 0.15) is 68.4 Å². The number of carbonyl (C=O) groups is 3. The summed E-state index contributed by atoms with van der Waals surface area (Å²) in [6, 6.07) is 0. The maximum atomic E-state index is 13.0. The number of nitrogens with one attached hydrogen (secondary N) is 1. The number of aromatic nitrogens is 2. The van der Waals surface area contributed by atoms with Crippen molar-refractivity contribution in [2.45, 2.75) is 64.3 Å². The summed E-state index contributed by atoms with van der Waals surface area (Å²) < 4.78 is 0. The van der Waals surface area contributed by atoms with Crippen LogP contribution in [-0.2, 0) is 27.3 Å². The van der Waals surface area contributed by atoms with E-state index in [0.29, 0.717) is 39.0 Å². The average Bonchev–Trinajstić information content (AvgIpc) is 3.01. The molecule has 1 atom stereocenters. The zero-order valence-electron chi connectivity index (χ0n) is 19.2. The fourth-order valence-electron chi connectivity index (χ4n) is 4.98. The maximum absolute atomic E-state index is 13.0. The van der Waals surface area contributed by atoms with Crippen molar-refractivity contribution in [3.05, 3.63) is 17.1 Å². The van der Waals surface area contributed by atoms with Gasteiger partial charge in [0.05, 0.1) is 18.8 Å². The number of nitrogens with zero attached hydrogens (tertiary/aromatic N) is 5. The van der Waals surface area contributed by atoms with Crippen LogP contribution in [0.25, 0.3) is 0 Å². The van der Waals surface area contributed by atoms with Crippen LogP contribution < -0.4 is 5.32 Å². The second kappa shape index (κ2) is 9.83. The molecule has 0 aromatic carbocycles. The largest absolute Gasteiger partial charge is 0.373 e. The molecule has 32 heavy (non-hydrogen) atoms. The van der Waals surface area contributed by atoms with Crippen molar-refractivity contribution in [3.63, 3.8) is 0 Å². The zero-order valence-corrected chi connectivity index (χ0v) is 19.2. The van der Waals surface area contributed by atoms with Gasteiger partial charge in [-0.25, -0.2) is 9.97 Å². The molecule has 4 heterocycles. The minimum Gasteiger partial charge on any atom is -0.373 e. The van der Waals surface area contributed by atoms with E-state index in [1.807, 2.05) is 16.8 Å². The zero-order chi connectivity index (χ0) is 22.7. The Morgan fingerprint density at radius 2 is 1.88 bits per heavy atom. The van der Waals surface area contributed by atoms with E-state index in [1.165, 1.54) is 0 Å². The summed E-state index contributed by atoms with van der Waals surface area (Å²) >= 11 is 0. The minimum absolute atomic E-state index is 0.0126. The molecule has 1 aromatic rings. The highest BCUT2D eigenvalue weighted by Crippen LogP contribution is 2.30. The lowest BCUT2D eigenvalue weighted by atomic mass is 9.96. The van der Waals surface area contributed by atoms with Crippen LogP contribution in [0.3, 0.4) is 0 Å². The van der Waals surface area contributed by atoms with Crippen molar-refractivity contribution < 1.29 is 14.4 Å². The number of hydrogen-bond acceptors (Lipinski definition) is 6. The first-order chi connectivity index (χ1) is 15.5. The van der Waals surface area contributed by atoms with Crippen LogP contribution in [0.5, 0.6) is 0 Å². The van der Waals surface area contributed by atoms with E-state index in [4.69, 9.17) is 9.97 Å². The standard InChI is InChI=1S/C23H34N6O3/c1-16(30)27-11-6-7-17(13-27)22-25-19-9-12-29(14-18(19)23(24-2)26-22)21(32)15-28-10-5-3-4-8-20(28)31/h17H,3-15H2,1-2H3,(H,24,25,26)/t17-/m1/s1. The molecule has 3 amide bonds. The predicted molar refractivity (Wildman–Crippen MR) is 120 cm³/mol. The molecular formula is C23H34N6O3.